The average Bonchev–Trinajstić information content (AvgIpc) is 2.82. The minimum absolute atomic E-state index is 0.0784. The molecule has 31 heavy (non-hydrogen) atoms. The summed E-state index contributed by atoms with van der Waals surface area (Å²) in [5.41, 5.74) is 5.79. The van der Waals surface area contributed by atoms with Crippen LogP contribution in [0.3, 0.4) is 0 Å². The smallest absolute Gasteiger partial charge is 0.262 e. The first kappa shape index (κ1) is 21.1. The normalized spacial score (nSPS) is 14.4. The zero-order valence-corrected chi connectivity index (χ0v) is 18.0. The summed E-state index contributed by atoms with van der Waals surface area (Å²) in [6, 6.07) is 15.8. The van der Waals surface area contributed by atoms with Crippen molar-refractivity contribution in [2.45, 2.75) is 32.2 Å². The van der Waals surface area contributed by atoms with Gasteiger partial charge in [0.1, 0.15) is 0 Å². The number of hydrogen-bond acceptors (Lipinski definition) is 6. The summed E-state index contributed by atoms with van der Waals surface area (Å²) < 4.78 is 6.76. The molecule has 0 atom stereocenters. The molecule has 0 aliphatic carbocycles. The molecule has 0 saturated carbocycles. The predicted molar refractivity (Wildman–Crippen MR) is 126 cm³/mol. The number of para-hydroxylation sites is 1. The molecule has 0 bridgehead atoms. The van der Waals surface area contributed by atoms with E-state index in [4.69, 9.17) is 4.74 Å². The quantitative estimate of drug-likeness (QED) is 0.341. The molecule has 4 rings (SSSR count). The third kappa shape index (κ3) is 5.11. The summed E-state index contributed by atoms with van der Waals surface area (Å²) in [6.07, 6.45) is 6.32. The number of benzene rings is 2. The number of anilines is 2. The average molecular weight is 420 g/mol. The van der Waals surface area contributed by atoms with Crippen LogP contribution in [0.2, 0.25) is 0 Å². The Kier molecular flexibility index (Phi) is 6.94. The fourth-order valence-electron chi connectivity index (χ4n) is 3.92. The monoisotopic (exact) mass is 419 g/mol. The number of nitrogens with zero attached hydrogens (tertiary/aromatic N) is 4. The van der Waals surface area contributed by atoms with Gasteiger partial charge in [-0.05, 0) is 55.5 Å². The van der Waals surface area contributed by atoms with Crippen LogP contribution in [-0.4, -0.2) is 42.6 Å². The van der Waals surface area contributed by atoms with Crippen LogP contribution in [-0.2, 0) is 11.3 Å². The fourth-order valence-corrected chi connectivity index (χ4v) is 3.92. The molecule has 1 N–H and O–H groups in total. The zero-order chi connectivity index (χ0) is 21.5. The SMILES string of the molecule is COCCCn1c(N/N=C\c2ccc(N3CCCCC3)cc2)nc2ccccc2c1=O. The Bertz CT molecular complexity index is 1090. The van der Waals surface area contributed by atoms with Gasteiger partial charge in [0, 0.05) is 39.0 Å². The van der Waals surface area contributed by atoms with Gasteiger partial charge in [-0.2, -0.15) is 5.10 Å². The summed E-state index contributed by atoms with van der Waals surface area (Å²) in [5, 5.41) is 4.95. The van der Waals surface area contributed by atoms with Gasteiger partial charge in [-0.25, -0.2) is 10.4 Å². The van der Waals surface area contributed by atoms with Gasteiger partial charge in [-0.15, -0.1) is 0 Å². The molecule has 1 aromatic heterocycles. The van der Waals surface area contributed by atoms with E-state index in [1.807, 2.05) is 18.2 Å². The van der Waals surface area contributed by atoms with E-state index in [0.29, 0.717) is 36.4 Å². The molecule has 2 aromatic carbocycles. The lowest BCUT2D eigenvalue weighted by Gasteiger charge is -2.28. The summed E-state index contributed by atoms with van der Waals surface area (Å²) in [5.74, 6) is 0.431. The van der Waals surface area contributed by atoms with Gasteiger partial charge in [-0.1, -0.05) is 24.3 Å². The number of nitrogens with one attached hydrogen (secondary N) is 1. The second-order valence-electron chi connectivity index (χ2n) is 7.76. The molecule has 7 nitrogen and oxygen atoms in total. The lowest BCUT2D eigenvalue weighted by Crippen LogP contribution is -2.29. The third-order valence-corrected chi connectivity index (χ3v) is 5.58. The van der Waals surface area contributed by atoms with Crippen molar-refractivity contribution in [2.75, 3.05) is 37.1 Å². The van der Waals surface area contributed by atoms with Gasteiger partial charge in [0.2, 0.25) is 5.95 Å². The molecule has 0 spiro atoms. The minimum atomic E-state index is -0.0784. The minimum Gasteiger partial charge on any atom is -0.385 e. The third-order valence-electron chi connectivity index (χ3n) is 5.58. The highest BCUT2D eigenvalue weighted by atomic mass is 16.5. The van der Waals surface area contributed by atoms with Crippen molar-refractivity contribution in [3.05, 3.63) is 64.4 Å². The van der Waals surface area contributed by atoms with E-state index in [2.05, 4.69) is 44.7 Å². The van der Waals surface area contributed by atoms with Crippen molar-refractivity contribution in [3.63, 3.8) is 0 Å². The molecule has 162 valence electrons. The highest BCUT2D eigenvalue weighted by Gasteiger charge is 2.11. The van der Waals surface area contributed by atoms with Crippen molar-refractivity contribution < 1.29 is 4.74 Å². The number of hydrogen-bond donors (Lipinski definition) is 1. The van der Waals surface area contributed by atoms with Gasteiger partial charge < -0.3 is 9.64 Å². The summed E-state index contributed by atoms with van der Waals surface area (Å²) in [6.45, 7) is 3.34. The number of methoxy groups -OCH3 is 1. The molecule has 0 amide bonds. The van der Waals surface area contributed by atoms with Crippen LogP contribution in [0.15, 0.2) is 58.4 Å². The molecule has 1 aliphatic rings. The maximum Gasteiger partial charge on any atom is 0.262 e. The molecule has 3 aromatic rings. The maximum atomic E-state index is 13.0. The Morgan fingerprint density at radius 2 is 1.87 bits per heavy atom. The number of ether oxygens (including phenoxy) is 1. The molecule has 1 fully saturated rings. The molecule has 1 saturated heterocycles. The standard InChI is InChI=1S/C24H29N5O2/c1-31-17-7-16-29-23(30)21-8-3-4-9-22(21)26-24(29)27-25-18-19-10-12-20(13-11-19)28-14-5-2-6-15-28/h3-4,8-13,18H,2,5-7,14-17H2,1H3,(H,26,27)/b25-18-. The Labute approximate surface area is 182 Å². The van der Waals surface area contributed by atoms with Crippen LogP contribution < -0.4 is 15.9 Å². The van der Waals surface area contributed by atoms with Crippen LogP contribution in [0.5, 0.6) is 0 Å². The molecule has 0 unspecified atom stereocenters. The van der Waals surface area contributed by atoms with Crippen molar-refractivity contribution in [1.29, 1.82) is 0 Å². The van der Waals surface area contributed by atoms with Gasteiger partial charge in [0.05, 0.1) is 17.1 Å². The predicted octanol–water partition coefficient (Wildman–Crippen LogP) is 3.87. The van der Waals surface area contributed by atoms with Crippen molar-refractivity contribution >= 4 is 28.8 Å². The number of rotatable bonds is 8. The Morgan fingerprint density at radius 1 is 1.10 bits per heavy atom. The van der Waals surface area contributed by atoms with Gasteiger partial charge >= 0.3 is 0 Å². The molecule has 1 aliphatic heterocycles. The number of hydrazone groups is 1. The second-order valence-corrected chi connectivity index (χ2v) is 7.76. The fraction of sp³-hybridized carbons (Fsp3) is 0.375. The van der Waals surface area contributed by atoms with E-state index in [1.54, 1.807) is 24.0 Å². The van der Waals surface area contributed by atoms with E-state index in [0.717, 1.165) is 18.7 Å². The zero-order valence-electron chi connectivity index (χ0n) is 18.0. The van der Waals surface area contributed by atoms with Crippen LogP contribution in [0.25, 0.3) is 10.9 Å². The largest absolute Gasteiger partial charge is 0.385 e. The highest BCUT2D eigenvalue weighted by Crippen LogP contribution is 2.20. The number of aromatic nitrogens is 2. The van der Waals surface area contributed by atoms with Gasteiger partial charge in [0.25, 0.3) is 5.56 Å². The van der Waals surface area contributed by atoms with Crippen LogP contribution >= 0.6 is 0 Å². The van der Waals surface area contributed by atoms with Crippen LogP contribution in [0, 0.1) is 0 Å². The van der Waals surface area contributed by atoms with Crippen molar-refractivity contribution in [2.24, 2.45) is 5.10 Å². The van der Waals surface area contributed by atoms with Crippen molar-refractivity contribution in [3.8, 4) is 0 Å². The van der Waals surface area contributed by atoms with Gasteiger partial charge in [0.15, 0.2) is 0 Å². The lowest BCUT2D eigenvalue weighted by molar-refractivity contribution is 0.190. The summed E-state index contributed by atoms with van der Waals surface area (Å²) in [4.78, 5) is 20.0. The van der Waals surface area contributed by atoms with E-state index in [1.165, 1.54) is 24.9 Å². The first-order chi connectivity index (χ1) is 15.3. The van der Waals surface area contributed by atoms with E-state index in [9.17, 15) is 4.79 Å². The van der Waals surface area contributed by atoms with Crippen LogP contribution in [0.4, 0.5) is 11.6 Å². The van der Waals surface area contributed by atoms with Crippen molar-refractivity contribution in [1.82, 2.24) is 9.55 Å². The van der Waals surface area contributed by atoms with E-state index < -0.39 is 0 Å². The topological polar surface area (TPSA) is 71.8 Å². The maximum absolute atomic E-state index is 13.0. The second kappa shape index (κ2) is 10.2. The Hall–Kier alpha value is -3.19. The molecule has 7 heteroatoms. The Balaban J connectivity index is 1.51. The summed E-state index contributed by atoms with van der Waals surface area (Å²) in [7, 11) is 1.65. The first-order valence-electron chi connectivity index (χ1n) is 10.9. The molecular formula is C24H29N5O2. The molecular weight excluding hydrogens is 390 g/mol. The number of piperidine rings is 1. The van der Waals surface area contributed by atoms with E-state index >= 15 is 0 Å². The van der Waals surface area contributed by atoms with Gasteiger partial charge in [-0.3, -0.25) is 9.36 Å². The van der Waals surface area contributed by atoms with E-state index in [-0.39, 0.29) is 5.56 Å². The number of fused-ring (bicyclic) bond motifs is 1. The summed E-state index contributed by atoms with van der Waals surface area (Å²) >= 11 is 0. The molecule has 0 radical (unpaired) electrons. The lowest BCUT2D eigenvalue weighted by atomic mass is 10.1. The Morgan fingerprint density at radius 3 is 2.65 bits per heavy atom. The highest BCUT2D eigenvalue weighted by molar-refractivity contribution is 5.81. The first-order valence-corrected chi connectivity index (χ1v) is 10.9. The molecule has 2 heterocycles. The van der Waals surface area contributed by atoms with Crippen LogP contribution in [0.1, 0.15) is 31.2 Å².